The molecule has 2 N–H and O–H groups in total. The number of fused-ring (bicyclic) bond motifs is 3. The second kappa shape index (κ2) is 5.29. The number of carbonyl (C=O) groups excluding carboxylic acids is 1. The average molecular weight is 301 g/mol. The summed E-state index contributed by atoms with van der Waals surface area (Å²) in [7, 11) is 0. The summed E-state index contributed by atoms with van der Waals surface area (Å²) >= 11 is 0. The van der Waals surface area contributed by atoms with Gasteiger partial charge in [0.05, 0.1) is 5.56 Å². The van der Waals surface area contributed by atoms with E-state index in [1.54, 1.807) is 24.3 Å². The summed E-state index contributed by atoms with van der Waals surface area (Å²) in [6, 6.07) is 20.8. The topological polar surface area (TPSA) is 52.3 Å². The van der Waals surface area contributed by atoms with E-state index in [9.17, 15) is 4.79 Å². The van der Waals surface area contributed by atoms with Crippen LogP contribution in [0.25, 0.3) is 11.1 Å². The highest BCUT2D eigenvalue weighted by atomic mass is 16.5. The summed E-state index contributed by atoms with van der Waals surface area (Å²) in [4.78, 5) is 12.4. The summed E-state index contributed by atoms with van der Waals surface area (Å²) in [5, 5.41) is 0. The molecule has 0 atom stereocenters. The van der Waals surface area contributed by atoms with Crippen molar-refractivity contribution >= 4 is 11.7 Å². The van der Waals surface area contributed by atoms with Crippen molar-refractivity contribution in [3.05, 3.63) is 83.4 Å². The fourth-order valence-electron chi connectivity index (χ4n) is 2.95. The number of anilines is 1. The summed E-state index contributed by atoms with van der Waals surface area (Å²) in [5.41, 5.74) is 11.7. The molecule has 0 fully saturated rings. The Bertz CT molecular complexity index is 898. The maximum atomic E-state index is 12.4. The van der Waals surface area contributed by atoms with Gasteiger partial charge in [-0.1, -0.05) is 30.3 Å². The number of benzene rings is 3. The highest BCUT2D eigenvalue weighted by Crippen LogP contribution is 2.36. The molecule has 0 unspecified atom stereocenters. The van der Waals surface area contributed by atoms with Crippen LogP contribution in [0.2, 0.25) is 0 Å². The Labute approximate surface area is 134 Å². The van der Waals surface area contributed by atoms with E-state index in [-0.39, 0.29) is 5.97 Å². The van der Waals surface area contributed by atoms with Crippen molar-refractivity contribution in [2.75, 3.05) is 5.73 Å². The number of rotatable bonds is 2. The molecule has 3 aromatic carbocycles. The van der Waals surface area contributed by atoms with E-state index in [4.69, 9.17) is 10.5 Å². The lowest BCUT2D eigenvalue weighted by Gasteiger charge is -2.07. The van der Waals surface area contributed by atoms with E-state index in [2.05, 4.69) is 12.1 Å². The molecule has 0 radical (unpaired) electrons. The second-order valence-corrected chi connectivity index (χ2v) is 5.66. The molecule has 23 heavy (non-hydrogen) atoms. The number of carbonyl (C=O) groups is 1. The molecule has 0 aromatic heterocycles. The quantitative estimate of drug-likeness (QED) is 0.345. The normalized spacial score (nSPS) is 11.7. The minimum Gasteiger partial charge on any atom is -0.423 e. The van der Waals surface area contributed by atoms with Crippen molar-refractivity contribution in [1.82, 2.24) is 0 Å². The number of nitrogen functional groups attached to an aromatic ring is 1. The van der Waals surface area contributed by atoms with Crippen molar-refractivity contribution in [3.8, 4) is 16.9 Å². The Morgan fingerprint density at radius 2 is 1.61 bits per heavy atom. The zero-order chi connectivity index (χ0) is 15.8. The van der Waals surface area contributed by atoms with E-state index in [1.807, 2.05) is 30.3 Å². The number of hydrogen-bond acceptors (Lipinski definition) is 3. The van der Waals surface area contributed by atoms with Gasteiger partial charge in [0.15, 0.2) is 0 Å². The molecule has 0 spiro atoms. The molecule has 0 heterocycles. The van der Waals surface area contributed by atoms with Crippen LogP contribution in [0.5, 0.6) is 5.75 Å². The summed E-state index contributed by atoms with van der Waals surface area (Å²) in [6.45, 7) is 0. The van der Waals surface area contributed by atoms with Crippen LogP contribution in [0, 0.1) is 0 Å². The van der Waals surface area contributed by atoms with Gasteiger partial charge in [-0.15, -0.1) is 0 Å². The Morgan fingerprint density at radius 1 is 0.870 bits per heavy atom. The van der Waals surface area contributed by atoms with Gasteiger partial charge in [0.1, 0.15) is 5.75 Å². The smallest absolute Gasteiger partial charge is 0.343 e. The molecular weight excluding hydrogens is 286 g/mol. The molecule has 0 saturated heterocycles. The SMILES string of the molecule is Nc1ccc(OC(=O)c2ccc3c(c2)-c2ccccc2C3)cc1. The van der Waals surface area contributed by atoms with Gasteiger partial charge < -0.3 is 10.5 Å². The van der Waals surface area contributed by atoms with E-state index in [1.165, 1.54) is 16.7 Å². The highest BCUT2D eigenvalue weighted by Gasteiger charge is 2.20. The Kier molecular flexibility index (Phi) is 3.12. The minimum atomic E-state index is -0.359. The Morgan fingerprint density at radius 3 is 2.43 bits per heavy atom. The molecule has 0 bridgehead atoms. The van der Waals surface area contributed by atoms with Gasteiger partial charge in [0.25, 0.3) is 0 Å². The first-order chi connectivity index (χ1) is 11.2. The maximum Gasteiger partial charge on any atom is 0.343 e. The third-order valence-corrected chi connectivity index (χ3v) is 4.12. The Hall–Kier alpha value is -3.07. The molecule has 4 rings (SSSR count). The predicted octanol–water partition coefficient (Wildman–Crippen LogP) is 4.06. The first-order valence-electron chi connectivity index (χ1n) is 7.49. The number of nitrogens with two attached hydrogens (primary N) is 1. The highest BCUT2D eigenvalue weighted by molar-refractivity contribution is 5.94. The lowest BCUT2D eigenvalue weighted by Crippen LogP contribution is -2.08. The van der Waals surface area contributed by atoms with Gasteiger partial charge in [0.2, 0.25) is 0 Å². The first-order valence-corrected chi connectivity index (χ1v) is 7.49. The van der Waals surface area contributed by atoms with Crippen LogP contribution < -0.4 is 10.5 Å². The minimum absolute atomic E-state index is 0.359. The zero-order valence-electron chi connectivity index (χ0n) is 12.5. The largest absolute Gasteiger partial charge is 0.423 e. The van der Waals surface area contributed by atoms with Gasteiger partial charge in [-0.05, 0) is 65.1 Å². The Balaban J connectivity index is 1.64. The lowest BCUT2D eigenvalue weighted by molar-refractivity contribution is 0.0735. The van der Waals surface area contributed by atoms with E-state index in [0.29, 0.717) is 17.0 Å². The molecular formula is C20H15NO2. The van der Waals surface area contributed by atoms with Crippen LogP contribution >= 0.6 is 0 Å². The first kappa shape index (κ1) is 13.6. The zero-order valence-corrected chi connectivity index (χ0v) is 12.5. The fraction of sp³-hybridized carbons (Fsp3) is 0.0500. The predicted molar refractivity (Wildman–Crippen MR) is 90.5 cm³/mol. The third kappa shape index (κ3) is 2.46. The molecule has 1 aliphatic rings. The van der Waals surface area contributed by atoms with Crippen molar-refractivity contribution < 1.29 is 9.53 Å². The summed E-state index contributed by atoms with van der Waals surface area (Å²) < 4.78 is 5.41. The molecule has 1 aliphatic carbocycles. The number of hydrogen-bond donors (Lipinski definition) is 1. The van der Waals surface area contributed by atoms with Crippen molar-refractivity contribution in [2.45, 2.75) is 6.42 Å². The van der Waals surface area contributed by atoms with Gasteiger partial charge in [-0.3, -0.25) is 0 Å². The van der Waals surface area contributed by atoms with Gasteiger partial charge in [-0.25, -0.2) is 4.79 Å². The molecule has 0 amide bonds. The van der Waals surface area contributed by atoms with Crippen LogP contribution in [0.3, 0.4) is 0 Å². The molecule has 3 heteroatoms. The van der Waals surface area contributed by atoms with Crippen molar-refractivity contribution in [3.63, 3.8) is 0 Å². The molecule has 3 aromatic rings. The molecule has 3 nitrogen and oxygen atoms in total. The molecule has 0 aliphatic heterocycles. The lowest BCUT2D eigenvalue weighted by atomic mass is 10.0. The fourth-order valence-corrected chi connectivity index (χ4v) is 2.95. The van der Waals surface area contributed by atoms with E-state index in [0.717, 1.165) is 12.0 Å². The van der Waals surface area contributed by atoms with Gasteiger partial charge in [0, 0.05) is 5.69 Å². The molecule has 0 saturated carbocycles. The van der Waals surface area contributed by atoms with E-state index >= 15 is 0 Å². The summed E-state index contributed by atoms with van der Waals surface area (Å²) in [6.07, 6.45) is 0.915. The third-order valence-electron chi connectivity index (χ3n) is 4.12. The maximum absolute atomic E-state index is 12.4. The van der Waals surface area contributed by atoms with Crippen LogP contribution in [0.1, 0.15) is 21.5 Å². The van der Waals surface area contributed by atoms with Gasteiger partial charge >= 0.3 is 5.97 Å². The summed E-state index contributed by atoms with van der Waals surface area (Å²) in [5.74, 6) is 0.132. The number of ether oxygens (including phenoxy) is 1. The van der Waals surface area contributed by atoms with Crippen LogP contribution in [0.4, 0.5) is 5.69 Å². The van der Waals surface area contributed by atoms with E-state index < -0.39 is 0 Å². The van der Waals surface area contributed by atoms with Crippen LogP contribution in [-0.2, 0) is 6.42 Å². The van der Waals surface area contributed by atoms with Crippen molar-refractivity contribution in [2.24, 2.45) is 0 Å². The van der Waals surface area contributed by atoms with Crippen LogP contribution in [0.15, 0.2) is 66.7 Å². The standard InChI is InChI=1S/C20H15NO2/c21-16-7-9-17(10-8-16)23-20(22)15-6-5-14-11-13-3-1-2-4-18(13)19(14)12-15/h1-10,12H,11,21H2. The average Bonchev–Trinajstić information content (AvgIpc) is 2.94. The second-order valence-electron chi connectivity index (χ2n) is 5.66. The van der Waals surface area contributed by atoms with Gasteiger partial charge in [-0.2, -0.15) is 0 Å². The monoisotopic (exact) mass is 301 g/mol. The van der Waals surface area contributed by atoms with Crippen molar-refractivity contribution in [1.29, 1.82) is 0 Å². The molecule has 112 valence electrons. The number of esters is 1. The van der Waals surface area contributed by atoms with Crippen LogP contribution in [-0.4, -0.2) is 5.97 Å².